The molecule has 1 unspecified atom stereocenters. The molecule has 2 aliphatic rings. The molecular weight excluding hydrogens is 368 g/mol. The number of H-pyrrole nitrogens is 1. The fourth-order valence-corrected chi connectivity index (χ4v) is 5.13. The van der Waals surface area contributed by atoms with E-state index in [-0.39, 0.29) is 0 Å². The van der Waals surface area contributed by atoms with Crippen LogP contribution >= 0.6 is 11.6 Å². The quantitative estimate of drug-likeness (QED) is 0.651. The van der Waals surface area contributed by atoms with Gasteiger partial charge in [0.15, 0.2) is 0 Å². The maximum atomic E-state index is 6.54. The van der Waals surface area contributed by atoms with E-state index in [0.29, 0.717) is 0 Å². The zero-order valence-corrected chi connectivity index (χ0v) is 17.1. The van der Waals surface area contributed by atoms with Crippen molar-refractivity contribution in [3.05, 3.63) is 47.5 Å². The molecule has 3 aromatic rings. The molecule has 1 N–H and O–H groups in total. The molecule has 0 bridgehead atoms. The lowest BCUT2D eigenvalue weighted by Gasteiger charge is -2.39. The lowest BCUT2D eigenvalue weighted by Crippen LogP contribution is -2.46. The molecular formula is C23H27ClN4. The summed E-state index contributed by atoms with van der Waals surface area (Å²) >= 11 is 6.54. The van der Waals surface area contributed by atoms with Crippen molar-refractivity contribution in [1.82, 2.24) is 14.9 Å². The second-order valence-corrected chi connectivity index (χ2v) is 8.62. The Kier molecular flexibility index (Phi) is 4.77. The minimum absolute atomic E-state index is 0.739. The van der Waals surface area contributed by atoms with Crippen LogP contribution in [-0.4, -0.2) is 46.6 Å². The van der Waals surface area contributed by atoms with Crippen molar-refractivity contribution in [3.63, 3.8) is 0 Å². The zero-order valence-electron chi connectivity index (χ0n) is 16.4. The SMILES string of the molecule is CC1CCCN1C1CCN(c2ccc(Cl)c(-c3nc4ccccc4[nH]3)c2)CC1. The molecule has 5 rings (SSSR count). The van der Waals surface area contributed by atoms with Crippen LogP contribution in [0.2, 0.25) is 5.02 Å². The van der Waals surface area contributed by atoms with E-state index in [1.807, 2.05) is 30.3 Å². The smallest absolute Gasteiger partial charge is 0.140 e. The number of rotatable bonds is 3. The van der Waals surface area contributed by atoms with Gasteiger partial charge in [0.2, 0.25) is 0 Å². The molecule has 0 spiro atoms. The average molecular weight is 395 g/mol. The molecule has 1 atom stereocenters. The number of nitrogens with one attached hydrogen (secondary N) is 1. The lowest BCUT2D eigenvalue weighted by molar-refractivity contribution is 0.163. The fourth-order valence-electron chi connectivity index (χ4n) is 4.93. The van der Waals surface area contributed by atoms with Gasteiger partial charge in [-0.1, -0.05) is 23.7 Å². The first-order valence-electron chi connectivity index (χ1n) is 10.4. The summed E-state index contributed by atoms with van der Waals surface area (Å²) in [6, 6.07) is 16.0. The number of aromatic nitrogens is 2. The van der Waals surface area contributed by atoms with Crippen LogP contribution < -0.4 is 4.90 Å². The maximum absolute atomic E-state index is 6.54. The fraction of sp³-hybridized carbons (Fsp3) is 0.435. The molecule has 2 aromatic carbocycles. The number of benzene rings is 2. The van der Waals surface area contributed by atoms with Gasteiger partial charge in [0.1, 0.15) is 5.82 Å². The summed E-state index contributed by atoms with van der Waals surface area (Å²) in [6.45, 7) is 5.88. The highest BCUT2D eigenvalue weighted by Gasteiger charge is 2.30. The Labute approximate surface area is 171 Å². The van der Waals surface area contributed by atoms with Crippen LogP contribution in [0.5, 0.6) is 0 Å². The van der Waals surface area contributed by atoms with Crippen LogP contribution in [0.3, 0.4) is 0 Å². The van der Waals surface area contributed by atoms with E-state index in [2.05, 4.69) is 33.8 Å². The van der Waals surface area contributed by atoms with Crippen LogP contribution in [0.4, 0.5) is 5.69 Å². The number of hydrogen-bond acceptors (Lipinski definition) is 3. The number of likely N-dealkylation sites (tertiary alicyclic amines) is 1. The van der Waals surface area contributed by atoms with Crippen molar-refractivity contribution in [2.45, 2.75) is 44.7 Å². The van der Waals surface area contributed by atoms with E-state index in [9.17, 15) is 0 Å². The average Bonchev–Trinajstić information content (AvgIpc) is 3.34. The van der Waals surface area contributed by atoms with Crippen molar-refractivity contribution >= 4 is 28.3 Å². The molecule has 0 aliphatic carbocycles. The van der Waals surface area contributed by atoms with Crippen LogP contribution in [0, 0.1) is 0 Å². The van der Waals surface area contributed by atoms with Crippen molar-refractivity contribution in [2.24, 2.45) is 0 Å². The van der Waals surface area contributed by atoms with Crippen LogP contribution in [-0.2, 0) is 0 Å². The third kappa shape index (κ3) is 3.29. The Balaban J connectivity index is 1.36. The van der Waals surface area contributed by atoms with Gasteiger partial charge in [0, 0.05) is 36.4 Å². The van der Waals surface area contributed by atoms with Gasteiger partial charge in [0.05, 0.1) is 16.1 Å². The number of nitrogens with zero attached hydrogens (tertiary/aromatic N) is 3. The second-order valence-electron chi connectivity index (χ2n) is 8.21. The summed E-state index contributed by atoms with van der Waals surface area (Å²) in [6.07, 6.45) is 5.21. The zero-order chi connectivity index (χ0) is 19.1. The van der Waals surface area contributed by atoms with Gasteiger partial charge in [0.25, 0.3) is 0 Å². The molecule has 2 saturated heterocycles. The topological polar surface area (TPSA) is 35.2 Å². The largest absolute Gasteiger partial charge is 0.371 e. The molecule has 146 valence electrons. The van der Waals surface area contributed by atoms with Crippen molar-refractivity contribution in [3.8, 4) is 11.4 Å². The molecule has 28 heavy (non-hydrogen) atoms. The Morgan fingerprint density at radius 2 is 1.86 bits per heavy atom. The Hall–Kier alpha value is -2.04. The lowest BCUT2D eigenvalue weighted by atomic mass is 10.0. The van der Waals surface area contributed by atoms with Gasteiger partial charge in [-0.15, -0.1) is 0 Å². The van der Waals surface area contributed by atoms with E-state index < -0.39 is 0 Å². The highest BCUT2D eigenvalue weighted by atomic mass is 35.5. The van der Waals surface area contributed by atoms with Crippen molar-refractivity contribution in [1.29, 1.82) is 0 Å². The van der Waals surface area contributed by atoms with E-state index in [1.165, 1.54) is 37.9 Å². The predicted molar refractivity (Wildman–Crippen MR) is 117 cm³/mol. The minimum atomic E-state index is 0.739. The van der Waals surface area contributed by atoms with Gasteiger partial charge in [-0.05, 0) is 69.5 Å². The first-order valence-corrected chi connectivity index (χ1v) is 10.8. The number of imidazole rings is 1. The summed E-state index contributed by atoms with van der Waals surface area (Å²) in [4.78, 5) is 13.4. The summed E-state index contributed by atoms with van der Waals surface area (Å²) < 4.78 is 0. The van der Waals surface area contributed by atoms with Crippen LogP contribution in [0.25, 0.3) is 22.4 Å². The summed E-state index contributed by atoms with van der Waals surface area (Å²) in [5.74, 6) is 0.842. The molecule has 5 heteroatoms. The van der Waals surface area contributed by atoms with E-state index in [1.54, 1.807) is 0 Å². The number of piperidine rings is 1. The molecule has 3 heterocycles. The Morgan fingerprint density at radius 3 is 2.61 bits per heavy atom. The summed E-state index contributed by atoms with van der Waals surface area (Å²) in [5, 5.41) is 0.739. The van der Waals surface area contributed by atoms with E-state index >= 15 is 0 Å². The highest BCUT2D eigenvalue weighted by molar-refractivity contribution is 6.33. The second kappa shape index (κ2) is 7.41. The number of fused-ring (bicyclic) bond motifs is 1. The molecule has 0 saturated carbocycles. The molecule has 0 radical (unpaired) electrons. The standard InChI is InChI=1S/C23H27ClN4/c1-16-5-4-12-28(16)17-10-13-27(14-11-17)18-8-9-20(24)19(15-18)23-25-21-6-2-3-7-22(21)26-23/h2-3,6-9,15-17H,4-5,10-14H2,1H3,(H,25,26). The molecule has 2 aliphatic heterocycles. The molecule has 0 amide bonds. The predicted octanol–water partition coefficient (Wildman–Crippen LogP) is 5.34. The summed E-state index contributed by atoms with van der Waals surface area (Å²) in [5.41, 5.74) is 4.23. The van der Waals surface area contributed by atoms with Crippen molar-refractivity contribution < 1.29 is 0 Å². The van der Waals surface area contributed by atoms with E-state index in [0.717, 1.165) is 52.6 Å². The highest BCUT2D eigenvalue weighted by Crippen LogP contribution is 2.33. The van der Waals surface area contributed by atoms with Crippen LogP contribution in [0.1, 0.15) is 32.6 Å². The number of hydrogen-bond donors (Lipinski definition) is 1. The van der Waals surface area contributed by atoms with Gasteiger partial charge in [-0.3, -0.25) is 4.90 Å². The minimum Gasteiger partial charge on any atom is -0.371 e. The number of para-hydroxylation sites is 2. The summed E-state index contributed by atoms with van der Waals surface area (Å²) in [7, 11) is 0. The first kappa shape index (κ1) is 18.0. The Morgan fingerprint density at radius 1 is 1.04 bits per heavy atom. The van der Waals surface area contributed by atoms with Gasteiger partial charge in [-0.2, -0.15) is 0 Å². The molecule has 1 aromatic heterocycles. The number of halogens is 1. The number of anilines is 1. The van der Waals surface area contributed by atoms with Crippen molar-refractivity contribution in [2.75, 3.05) is 24.5 Å². The van der Waals surface area contributed by atoms with Gasteiger partial charge < -0.3 is 9.88 Å². The molecule has 2 fully saturated rings. The maximum Gasteiger partial charge on any atom is 0.140 e. The Bertz CT molecular complexity index is 941. The van der Waals surface area contributed by atoms with Gasteiger partial charge in [-0.25, -0.2) is 4.98 Å². The first-order chi connectivity index (χ1) is 13.7. The third-order valence-corrected chi connectivity index (χ3v) is 6.83. The normalized spacial score (nSPS) is 21.6. The van der Waals surface area contributed by atoms with Crippen LogP contribution in [0.15, 0.2) is 42.5 Å². The molecule has 4 nitrogen and oxygen atoms in total. The third-order valence-electron chi connectivity index (χ3n) is 6.50. The monoisotopic (exact) mass is 394 g/mol. The van der Waals surface area contributed by atoms with E-state index in [4.69, 9.17) is 16.6 Å². The van der Waals surface area contributed by atoms with Gasteiger partial charge >= 0.3 is 0 Å². The number of aromatic amines is 1.